The molecule has 0 unspecified atom stereocenters. The lowest BCUT2D eigenvalue weighted by Gasteiger charge is -2.28. The van der Waals surface area contributed by atoms with Gasteiger partial charge in [-0.2, -0.15) is 0 Å². The Kier molecular flexibility index (Phi) is 4.99. The Bertz CT molecular complexity index is 648. The second kappa shape index (κ2) is 7.01. The number of phenols is 1. The quantitative estimate of drug-likeness (QED) is 0.799. The molecule has 130 valence electrons. The first-order valence-electron chi connectivity index (χ1n) is 8.39. The van der Waals surface area contributed by atoms with Crippen LogP contribution in [0.25, 0.3) is 0 Å². The zero-order valence-electron chi connectivity index (χ0n) is 13.6. The molecule has 4 atom stereocenters. The largest absolute Gasteiger partial charge is 0.507 e. The average Bonchev–Trinajstić information content (AvgIpc) is 3.18. The number of phenolic OH excluding ortho intramolecular Hbond substituents is 1. The summed E-state index contributed by atoms with van der Waals surface area (Å²) in [7, 11) is 0. The molecular weight excluding hydrogens is 330 g/mol. The van der Waals surface area contributed by atoms with Crippen LogP contribution >= 0.6 is 11.6 Å². The van der Waals surface area contributed by atoms with Crippen molar-refractivity contribution in [1.82, 2.24) is 5.32 Å². The van der Waals surface area contributed by atoms with Crippen molar-refractivity contribution in [2.24, 2.45) is 17.8 Å². The Morgan fingerprint density at radius 2 is 2.17 bits per heavy atom. The van der Waals surface area contributed by atoms with E-state index < -0.39 is 5.97 Å². The summed E-state index contributed by atoms with van der Waals surface area (Å²) in [6, 6.07) is 4.19. The predicted octanol–water partition coefficient (Wildman–Crippen LogP) is 3.14. The number of rotatable bonds is 5. The lowest BCUT2D eigenvalue weighted by molar-refractivity contribution is -0.125. The third-order valence-corrected chi connectivity index (χ3v) is 5.57. The Labute approximate surface area is 146 Å². The summed E-state index contributed by atoms with van der Waals surface area (Å²) < 4.78 is 4.98. The van der Waals surface area contributed by atoms with Gasteiger partial charge in [-0.1, -0.05) is 18.0 Å². The molecule has 1 aromatic rings. The van der Waals surface area contributed by atoms with Gasteiger partial charge >= 0.3 is 5.97 Å². The molecule has 0 aromatic heterocycles. The number of esters is 1. The molecule has 2 N–H and O–H groups in total. The molecule has 1 amide bonds. The monoisotopic (exact) mass is 351 g/mol. The predicted molar refractivity (Wildman–Crippen MR) is 89.9 cm³/mol. The molecule has 0 spiro atoms. The van der Waals surface area contributed by atoms with Crippen LogP contribution < -0.4 is 5.32 Å². The highest BCUT2D eigenvalue weighted by Crippen LogP contribution is 2.49. The van der Waals surface area contributed by atoms with E-state index in [0.29, 0.717) is 10.9 Å². The summed E-state index contributed by atoms with van der Waals surface area (Å²) in [5.41, 5.74) is -0.0450. The molecule has 2 aliphatic carbocycles. The topological polar surface area (TPSA) is 75.6 Å². The lowest BCUT2D eigenvalue weighted by Crippen LogP contribution is -2.42. The first kappa shape index (κ1) is 17.1. The van der Waals surface area contributed by atoms with Gasteiger partial charge in [0, 0.05) is 11.1 Å². The minimum atomic E-state index is -0.766. The minimum Gasteiger partial charge on any atom is -0.507 e. The highest BCUT2D eigenvalue weighted by atomic mass is 35.5. The van der Waals surface area contributed by atoms with Crippen LogP contribution in [0.5, 0.6) is 5.75 Å². The minimum absolute atomic E-state index is 0.0450. The van der Waals surface area contributed by atoms with E-state index in [9.17, 15) is 14.7 Å². The lowest BCUT2D eigenvalue weighted by atomic mass is 9.84. The zero-order chi connectivity index (χ0) is 17.3. The fourth-order valence-electron chi connectivity index (χ4n) is 4.19. The van der Waals surface area contributed by atoms with Crippen LogP contribution in [0, 0.1) is 17.8 Å². The Morgan fingerprint density at radius 3 is 2.83 bits per heavy atom. The molecule has 3 rings (SSSR count). The summed E-state index contributed by atoms with van der Waals surface area (Å²) in [6.07, 6.45) is 5.05. The van der Waals surface area contributed by atoms with E-state index in [1.807, 2.05) is 6.92 Å². The molecule has 6 heteroatoms. The highest BCUT2D eigenvalue weighted by Gasteiger charge is 2.42. The maximum Gasteiger partial charge on any atom is 0.342 e. The first-order chi connectivity index (χ1) is 11.4. The van der Waals surface area contributed by atoms with Crippen molar-refractivity contribution in [3.63, 3.8) is 0 Å². The second-order valence-corrected chi connectivity index (χ2v) is 7.37. The fourth-order valence-corrected chi connectivity index (χ4v) is 4.36. The Morgan fingerprint density at radius 1 is 1.38 bits per heavy atom. The van der Waals surface area contributed by atoms with Crippen molar-refractivity contribution < 1.29 is 19.4 Å². The standard InChI is InChI=1S/C18H22ClNO4/c1-10(14-7-11-2-3-12(14)6-11)20-17(22)9-24-18(23)15-8-13(19)4-5-16(15)21/h4-5,8,10-12,14,21H,2-3,6-7,9H2,1H3,(H,20,22)/t10-,11-,12-,14-/m0/s1. The normalized spacial score (nSPS) is 26.2. The number of hydrogen-bond donors (Lipinski definition) is 2. The number of carbonyl (C=O) groups excluding carboxylic acids is 2. The first-order valence-corrected chi connectivity index (χ1v) is 8.77. The molecular formula is C18H22ClNO4. The van der Waals surface area contributed by atoms with Crippen LogP contribution in [0.2, 0.25) is 5.02 Å². The van der Waals surface area contributed by atoms with E-state index in [1.165, 1.54) is 43.9 Å². The van der Waals surface area contributed by atoms with Crippen LogP contribution in [-0.2, 0) is 9.53 Å². The van der Waals surface area contributed by atoms with E-state index >= 15 is 0 Å². The maximum atomic E-state index is 12.0. The molecule has 24 heavy (non-hydrogen) atoms. The van der Waals surface area contributed by atoms with Gasteiger partial charge in [0.15, 0.2) is 6.61 Å². The van der Waals surface area contributed by atoms with Gasteiger partial charge in [-0.05, 0) is 62.1 Å². The molecule has 1 aromatic carbocycles. The van der Waals surface area contributed by atoms with E-state index in [-0.39, 0.29) is 29.9 Å². The molecule has 0 radical (unpaired) electrons. The highest BCUT2D eigenvalue weighted by molar-refractivity contribution is 6.31. The number of fused-ring (bicyclic) bond motifs is 2. The smallest absolute Gasteiger partial charge is 0.342 e. The zero-order valence-corrected chi connectivity index (χ0v) is 14.4. The van der Waals surface area contributed by atoms with Crippen molar-refractivity contribution >= 4 is 23.5 Å². The maximum absolute atomic E-state index is 12.0. The summed E-state index contributed by atoms with van der Waals surface area (Å²) in [6.45, 7) is 1.66. The number of carbonyl (C=O) groups is 2. The van der Waals surface area contributed by atoms with Crippen LogP contribution in [0.3, 0.4) is 0 Å². The van der Waals surface area contributed by atoms with Crippen molar-refractivity contribution in [2.45, 2.75) is 38.6 Å². The van der Waals surface area contributed by atoms with Crippen LogP contribution in [-0.4, -0.2) is 29.6 Å². The van der Waals surface area contributed by atoms with Gasteiger partial charge in [0.25, 0.3) is 5.91 Å². The van der Waals surface area contributed by atoms with E-state index in [1.54, 1.807) is 0 Å². The molecule has 0 saturated heterocycles. The third-order valence-electron chi connectivity index (χ3n) is 5.34. The Hall–Kier alpha value is -1.75. The second-order valence-electron chi connectivity index (χ2n) is 6.93. The molecule has 2 bridgehead atoms. The van der Waals surface area contributed by atoms with Crippen LogP contribution in [0.1, 0.15) is 43.0 Å². The van der Waals surface area contributed by atoms with Crippen LogP contribution in [0.4, 0.5) is 0 Å². The Balaban J connectivity index is 1.48. The molecule has 2 saturated carbocycles. The molecule has 2 aliphatic rings. The molecule has 0 aliphatic heterocycles. The van der Waals surface area contributed by atoms with Crippen LogP contribution in [0.15, 0.2) is 18.2 Å². The molecule has 2 fully saturated rings. The summed E-state index contributed by atoms with van der Waals surface area (Å²) in [5, 5.41) is 12.9. The molecule has 0 heterocycles. The number of nitrogens with one attached hydrogen (secondary N) is 1. The van der Waals surface area contributed by atoms with Gasteiger partial charge in [0.2, 0.25) is 0 Å². The van der Waals surface area contributed by atoms with Gasteiger partial charge in [0.1, 0.15) is 11.3 Å². The van der Waals surface area contributed by atoms with E-state index in [2.05, 4.69) is 5.32 Å². The van der Waals surface area contributed by atoms with Crippen molar-refractivity contribution in [3.8, 4) is 5.75 Å². The van der Waals surface area contributed by atoms with Crippen molar-refractivity contribution in [2.75, 3.05) is 6.61 Å². The van der Waals surface area contributed by atoms with Gasteiger partial charge < -0.3 is 15.2 Å². The summed E-state index contributed by atoms with van der Waals surface area (Å²) in [4.78, 5) is 24.0. The number of hydrogen-bond acceptors (Lipinski definition) is 4. The van der Waals surface area contributed by atoms with Gasteiger partial charge in [-0.15, -0.1) is 0 Å². The summed E-state index contributed by atoms with van der Waals surface area (Å²) >= 11 is 5.80. The van der Waals surface area contributed by atoms with Gasteiger partial charge in [-0.3, -0.25) is 4.79 Å². The van der Waals surface area contributed by atoms with Crippen molar-refractivity contribution in [1.29, 1.82) is 0 Å². The van der Waals surface area contributed by atoms with Gasteiger partial charge in [-0.25, -0.2) is 4.79 Å². The number of ether oxygens (including phenoxy) is 1. The number of aromatic hydroxyl groups is 1. The molecule has 5 nitrogen and oxygen atoms in total. The number of halogens is 1. The van der Waals surface area contributed by atoms with E-state index in [0.717, 1.165) is 11.8 Å². The number of amides is 1. The van der Waals surface area contributed by atoms with Crippen molar-refractivity contribution in [3.05, 3.63) is 28.8 Å². The third kappa shape index (κ3) is 3.66. The van der Waals surface area contributed by atoms with E-state index in [4.69, 9.17) is 16.3 Å². The fraction of sp³-hybridized carbons (Fsp3) is 0.556. The SMILES string of the molecule is C[C@H](NC(=O)COC(=O)c1cc(Cl)ccc1O)[C@@H]1C[C@H]2CC[C@H]1C2. The number of benzene rings is 1. The van der Waals surface area contributed by atoms with Gasteiger partial charge in [0.05, 0.1) is 0 Å². The average molecular weight is 352 g/mol. The summed E-state index contributed by atoms with van der Waals surface area (Å²) in [5.74, 6) is 0.762.